The summed E-state index contributed by atoms with van der Waals surface area (Å²) in [5, 5.41) is 18.1. The molecule has 0 bridgehead atoms. The molecule has 0 saturated heterocycles. The van der Waals surface area contributed by atoms with E-state index in [2.05, 4.69) is 43.8 Å². The Morgan fingerprint density at radius 2 is 1.00 bits per heavy atom. The molecule has 0 spiro atoms. The zero-order valence-corrected chi connectivity index (χ0v) is 29.4. The summed E-state index contributed by atoms with van der Waals surface area (Å²) in [5.41, 5.74) is 4.44. The molecule has 0 N–H and O–H groups in total. The number of nitrogens with zero attached hydrogens (tertiary/aromatic N) is 6. The molecule has 0 fully saturated rings. The summed E-state index contributed by atoms with van der Waals surface area (Å²) in [6.45, 7) is 18.3. The molecule has 9 nitrogen and oxygen atoms in total. The maximum Gasteiger partial charge on any atom is 0.519 e. The molecule has 0 aliphatic heterocycles. The molecule has 0 unspecified atom stereocenters. The molecule has 0 heterocycles. The van der Waals surface area contributed by atoms with Gasteiger partial charge in [-0.05, 0) is 77.1 Å². The number of hydrogen-bond donors (Lipinski definition) is 0. The van der Waals surface area contributed by atoms with Gasteiger partial charge < -0.3 is 24.0 Å². The Kier molecular flexibility index (Phi) is 16.5. The average molecular weight is 701 g/mol. The van der Waals surface area contributed by atoms with Gasteiger partial charge in [-0.1, -0.05) is 84.9 Å². The van der Waals surface area contributed by atoms with Crippen LogP contribution in [0.25, 0.3) is 9.69 Å². The normalized spacial score (nSPS) is 10.3. The van der Waals surface area contributed by atoms with E-state index >= 15 is 0 Å². The van der Waals surface area contributed by atoms with Gasteiger partial charge >= 0.3 is 5.82 Å². The zero-order valence-electron chi connectivity index (χ0n) is 29.4. The maximum absolute atomic E-state index is 9.05. The Morgan fingerprint density at radius 3 is 1.45 bits per heavy atom. The molecule has 0 aliphatic rings. The molecule has 4 aromatic carbocycles. The largest absolute Gasteiger partial charge is 0.519 e. The van der Waals surface area contributed by atoms with E-state index in [4.69, 9.17) is 37.9 Å². The van der Waals surface area contributed by atoms with E-state index in [9.17, 15) is 0 Å². The minimum atomic E-state index is 0.0191. The lowest BCUT2D eigenvalue weighted by Crippen LogP contribution is -2.16. The fourth-order valence-corrected chi connectivity index (χ4v) is 5.14. The first kappa shape index (κ1) is 38.8. The van der Waals surface area contributed by atoms with E-state index in [0.717, 1.165) is 33.8 Å². The molecular formula is C44H40N6O3. The summed E-state index contributed by atoms with van der Waals surface area (Å²) in [5.74, 6) is 1.50. The van der Waals surface area contributed by atoms with Crippen molar-refractivity contribution in [3.63, 3.8) is 0 Å². The molecule has 4 aromatic rings. The van der Waals surface area contributed by atoms with Crippen LogP contribution in [0, 0.1) is 35.8 Å². The van der Waals surface area contributed by atoms with Crippen LogP contribution in [0.4, 0.5) is 0 Å². The van der Waals surface area contributed by atoms with Crippen LogP contribution >= 0.6 is 0 Å². The van der Waals surface area contributed by atoms with Crippen LogP contribution in [-0.4, -0.2) is 36.2 Å². The highest BCUT2D eigenvalue weighted by atomic mass is 16.5. The van der Waals surface area contributed by atoms with Crippen molar-refractivity contribution in [1.29, 1.82) is 10.5 Å². The van der Waals surface area contributed by atoms with E-state index in [0.29, 0.717) is 52.6 Å². The smallest absolute Gasteiger partial charge is 0.491 e. The Morgan fingerprint density at radius 1 is 0.566 bits per heavy atom. The summed E-state index contributed by atoms with van der Waals surface area (Å²) in [6, 6.07) is 39.8. The van der Waals surface area contributed by atoms with Crippen LogP contribution in [-0.2, 0) is 30.9 Å². The standard InChI is InChI=1S/C44H40N6O3/c1-47-44(48-2)22-12-24-50(34-38-15-7-4-8-16-38)36-40-18-10-21-43(30-40)53-28-26-51-25-27-52-42-20-9-17-39(29-42)35-49(23-11-19-41(31-45)32-46)33-37-13-5-3-6-14-37/h3-24,29-30H,25-28,33-36H2. The van der Waals surface area contributed by atoms with Gasteiger partial charge in [-0.3, -0.25) is 0 Å². The molecule has 0 amide bonds. The molecule has 0 aromatic heterocycles. The third-order valence-corrected chi connectivity index (χ3v) is 7.59. The Bertz CT molecular complexity index is 1850. The number of ether oxygens (including phenoxy) is 3. The van der Waals surface area contributed by atoms with Crippen molar-refractivity contribution in [2.24, 2.45) is 0 Å². The summed E-state index contributed by atoms with van der Waals surface area (Å²) in [7, 11) is 0. The lowest BCUT2D eigenvalue weighted by atomic mass is 10.1. The lowest BCUT2D eigenvalue weighted by molar-refractivity contribution is 0.0764. The van der Waals surface area contributed by atoms with Crippen molar-refractivity contribution < 1.29 is 14.2 Å². The quantitative estimate of drug-likeness (QED) is 0.0394. The SMILES string of the molecule is [C-]#[N+]C(=CC=CN(Cc1ccccc1)Cc1cccc(OCCOCCOc2cccc(CN(C=CC=C(C#N)C#N)Cc3ccccc3)c2)c1)[N+]#[C-]. The van der Waals surface area contributed by atoms with E-state index in [-0.39, 0.29) is 11.4 Å². The van der Waals surface area contributed by atoms with E-state index in [1.54, 1.807) is 12.2 Å². The number of allylic oxidation sites excluding steroid dienone is 5. The van der Waals surface area contributed by atoms with Gasteiger partial charge in [-0.2, -0.15) is 20.2 Å². The maximum atomic E-state index is 9.05. The number of hydrogen-bond acceptors (Lipinski definition) is 7. The highest BCUT2D eigenvalue weighted by molar-refractivity contribution is 5.38. The van der Waals surface area contributed by atoms with Crippen LogP contribution in [0.15, 0.2) is 157 Å². The Hall–Kier alpha value is -7.04. The second-order valence-corrected chi connectivity index (χ2v) is 11.6. The third kappa shape index (κ3) is 14.8. The van der Waals surface area contributed by atoms with Gasteiger partial charge in [0.25, 0.3) is 0 Å². The average Bonchev–Trinajstić information content (AvgIpc) is 3.19. The van der Waals surface area contributed by atoms with E-state index < -0.39 is 0 Å². The molecule has 0 saturated carbocycles. The van der Waals surface area contributed by atoms with Gasteiger partial charge in [-0.25, -0.2) is 0 Å². The summed E-state index contributed by atoms with van der Waals surface area (Å²) < 4.78 is 17.7. The van der Waals surface area contributed by atoms with Crippen molar-refractivity contribution in [3.05, 3.63) is 202 Å². The van der Waals surface area contributed by atoms with Crippen molar-refractivity contribution in [2.45, 2.75) is 26.2 Å². The number of nitriles is 2. The number of benzene rings is 4. The van der Waals surface area contributed by atoms with Gasteiger partial charge in [0.05, 0.1) is 13.2 Å². The first-order chi connectivity index (χ1) is 26.1. The fraction of sp³-hybridized carbons (Fsp3) is 0.182. The summed E-state index contributed by atoms with van der Waals surface area (Å²) in [6.07, 6.45) is 10.3. The van der Waals surface area contributed by atoms with Crippen LogP contribution in [0.3, 0.4) is 0 Å². The highest BCUT2D eigenvalue weighted by Crippen LogP contribution is 2.19. The molecular weight excluding hydrogens is 661 g/mol. The zero-order chi connectivity index (χ0) is 37.4. The van der Waals surface area contributed by atoms with Crippen molar-refractivity contribution >= 4 is 0 Å². The third-order valence-electron chi connectivity index (χ3n) is 7.59. The molecule has 0 aliphatic carbocycles. The van der Waals surface area contributed by atoms with Crippen LogP contribution in [0.5, 0.6) is 11.5 Å². The molecule has 9 heteroatoms. The van der Waals surface area contributed by atoms with Gasteiger partial charge in [0.15, 0.2) is 0 Å². The molecule has 264 valence electrons. The van der Waals surface area contributed by atoms with Gasteiger partial charge in [0.1, 0.15) is 55.6 Å². The van der Waals surface area contributed by atoms with Crippen molar-refractivity contribution in [1.82, 2.24) is 9.80 Å². The Balaban J connectivity index is 1.23. The van der Waals surface area contributed by atoms with Crippen molar-refractivity contribution in [3.8, 4) is 23.6 Å². The van der Waals surface area contributed by atoms with Crippen LogP contribution in [0.1, 0.15) is 22.3 Å². The van der Waals surface area contributed by atoms with Gasteiger partial charge in [0, 0.05) is 32.3 Å². The molecule has 53 heavy (non-hydrogen) atoms. The lowest BCUT2D eigenvalue weighted by Gasteiger charge is -2.21. The first-order valence-electron chi connectivity index (χ1n) is 17.0. The monoisotopic (exact) mass is 700 g/mol. The Labute approximate surface area is 312 Å². The molecule has 0 atom stereocenters. The molecule has 4 rings (SSSR count). The topological polar surface area (TPSA) is 90.5 Å². The minimum Gasteiger partial charge on any atom is -0.491 e. The minimum absolute atomic E-state index is 0.0191. The number of rotatable bonds is 20. The summed E-state index contributed by atoms with van der Waals surface area (Å²) >= 11 is 0. The summed E-state index contributed by atoms with van der Waals surface area (Å²) in [4.78, 5) is 10.7. The fourth-order valence-electron chi connectivity index (χ4n) is 5.14. The second kappa shape index (κ2) is 22.6. The first-order valence-corrected chi connectivity index (χ1v) is 17.0. The van der Waals surface area contributed by atoms with Gasteiger partial charge in [-0.15, -0.1) is 0 Å². The second-order valence-electron chi connectivity index (χ2n) is 11.6. The highest BCUT2D eigenvalue weighted by Gasteiger charge is 2.07. The predicted octanol–water partition coefficient (Wildman–Crippen LogP) is 8.85. The van der Waals surface area contributed by atoms with E-state index in [1.165, 1.54) is 12.2 Å². The van der Waals surface area contributed by atoms with E-state index in [1.807, 2.05) is 109 Å². The predicted molar refractivity (Wildman–Crippen MR) is 205 cm³/mol. The van der Waals surface area contributed by atoms with Gasteiger partial charge in [0.2, 0.25) is 0 Å². The van der Waals surface area contributed by atoms with Crippen LogP contribution < -0.4 is 9.47 Å². The van der Waals surface area contributed by atoms with Crippen LogP contribution in [0.2, 0.25) is 0 Å². The molecule has 0 radical (unpaired) electrons. The van der Waals surface area contributed by atoms with Crippen molar-refractivity contribution in [2.75, 3.05) is 26.4 Å².